The first-order chi connectivity index (χ1) is 8.85. The molecule has 0 amide bonds. The lowest BCUT2D eigenvalue weighted by Crippen LogP contribution is -1.97. The largest absolute Gasteiger partial charge is 0.494 e. The van der Waals surface area contributed by atoms with Crippen molar-refractivity contribution < 1.29 is 9.84 Å². The smallest absolute Gasteiger partial charge is 0.147 e. The highest BCUT2D eigenvalue weighted by atomic mass is 16.5. The van der Waals surface area contributed by atoms with E-state index in [4.69, 9.17) is 9.84 Å². The van der Waals surface area contributed by atoms with Gasteiger partial charge in [0.25, 0.3) is 0 Å². The first-order valence-electron chi connectivity index (χ1n) is 5.88. The Kier molecular flexibility index (Phi) is 2.64. The SMILES string of the molecule is COc1cnc(CCO)c2[nH]c3ccccc3c12. The van der Waals surface area contributed by atoms with Crippen LogP contribution in [0.3, 0.4) is 0 Å². The predicted molar refractivity (Wildman–Crippen MR) is 70.9 cm³/mol. The van der Waals surface area contributed by atoms with Gasteiger partial charge in [-0.15, -0.1) is 0 Å². The van der Waals surface area contributed by atoms with E-state index in [-0.39, 0.29) is 6.61 Å². The molecule has 0 fully saturated rings. The summed E-state index contributed by atoms with van der Waals surface area (Å²) in [7, 11) is 1.64. The summed E-state index contributed by atoms with van der Waals surface area (Å²) in [6.45, 7) is 0.0871. The molecule has 0 atom stereocenters. The first-order valence-corrected chi connectivity index (χ1v) is 5.88. The van der Waals surface area contributed by atoms with Crippen LogP contribution in [0, 0.1) is 0 Å². The van der Waals surface area contributed by atoms with Gasteiger partial charge >= 0.3 is 0 Å². The van der Waals surface area contributed by atoms with Gasteiger partial charge in [0, 0.05) is 23.9 Å². The van der Waals surface area contributed by atoms with Crippen molar-refractivity contribution in [2.75, 3.05) is 13.7 Å². The van der Waals surface area contributed by atoms with Crippen molar-refractivity contribution in [1.29, 1.82) is 0 Å². The summed E-state index contributed by atoms with van der Waals surface area (Å²) < 4.78 is 5.38. The van der Waals surface area contributed by atoms with Crippen molar-refractivity contribution in [2.45, 2.75) is 6.42 Å². The molecule has 0 bridgehead atoms. The molecule has 0 spiro atoms. The average Bonchev–Trinajstić information content (AvgIpc) is 2.79. The minimum Gasteiger partial charge on any atom is -0.494 e. The summed E-state index contributed by atoms with van der Waals surface area (Å²) in [5.74, 6) is 0.754. The van der Waals surface area contributed by atoms with E-state index in [1.807, 2.05) is 18.2 Å². The quantitative estimate of drug-likeness (QED) is 0.740. The standard InChI is InChI=1S/C14H14N2O2/c1-18-12-8-15-11(6-7-17)14-13(12)9-4-2-3-5-10(9)16-14/h2-5,8,16-17H,6-7H2,1H3. The van der Waals surface area contributed by atoms with Gasteiger partial charge in [-0.05, 0) is 6.07 Å². The molecule has 92 valence electrons. The maximum absolute atomic E-state index is 9.10. The Morgan fingerprint density at radius 3 is 2.94 bits per heavy atom. The minimum absolute atomic E-state index is 0.0871. The number of rotatable bonds is 3. The summed E-state index contributed by atoms with van der Waals surface area (Å²) in [5, 5.41) is 11.2. The molecule has 2 N–H and O–H groups in total. The number of aromatic nitrogens is 2. The summed E-state index contributed by atoms with van der Waals surface area (Å²) in [6, 6.07) is 8.07. The third kappa shape index (κ3) is 1.54. The Morgan fingerprint density at radius 2 is 2.17 bits per heavy atom. The summed E-state index contributed by atoms with van der Waals surface area (Å²) in [4.78, 5) is 7.70. The van der Waals surface area contributed by atoms with Gasteiger partial charge in [-0.3, -0.25) is 4.98 Å². The molecule has 0 saturated carbocycles. The van der Waals surface area contributed by atoms with Crippen LogP contribution in [0.15, 0.2) is 30.5 Å². The van der Waals surface area contributed by atoms with Crippen LogP contribution in [0.4, 0.5) is 0 Å². The first kappa shape index (κ1) is 11.0. The lowest BCUT2D eigenvalue weighted by atomic mass is 10.1. The zero-order valence-corrected chi connectivity index (χ0v) is 10.1. The fourth-order valence-electron chi connectivity index (χ4n) is 2.33. The number of aliphatic hydroxyl groups is 1. The van der Waals surface area contributed by atoms with Gasteiger partial charge in [0.15, 0.2) is 0 Å². The van der Waals surface area contributed by atoms with E-state index in [2.05, 4.69) is 16.0 Å². The van der Waals surface area contributed by atoms with E-state index < -0.39 is 0 Å². The van der Waals surface area contributed by atoms with Crippen LogP contribution in [0.1, 0.15) is 5.69 Å². The van der Waals surface area contributed by atoms with Gasteiger partial charge in [0.05, 0.1) is 29.9 Å². The van der Waals surface area contributed by atoms with Crippen LogP contribution in [0.25, 0.3) is 21.8 Å². The number of aromatic amines is 1. The molecule has 4 nitrogen and oxygen atoms in total. The molecule has 18 heavy (non-hydrogen) atoms. The summed E-state index contributed by atoms with van der Waals surface area (Å²) >= 11 is 0. The van der Waals surface area contributed by atoms with Gasteiger partial charge < -0.3 is 14.8 Å². The normalized spacial score (nSPS) is 11.2. The molecule has 0 aliphatic heterocycles. The van der Waals surface area contributed by atoms with Crippen molar-refractivity contribution in [1.82, 2.24) is 9.97 Å². The number of benzene rings is 1. The number of aliphatic hydroxyl groups excluding tert-OH is 1. The van der Waals surface area contributed by atoms with Crippen LogP contribution < -0.4 is 4.74 Å². The number of para-hydroxylation sites is 1. The van der Waals surface area contributed by atoms with Gasteiger partial charge in [-0.1, -0.05) is 18.2 Å². The molecule has 1 aromatic carbocycles. The molecular formula is C14H14N2O2. The maximum atomic E-state index is 9.10. The second-order valence-electron chi connectivity index (χ2n) is 4.17. The molecule has 3 aromatic rings. The van der Waals surface area contributed by atoms with Crippen molar-refractivity contribution in [2.24, 2.45) is 0 Å². The predicted octanol–water partition coefficient (Wildman–Crippen LogP) is 2.26. The Labute approximate surface area is 104 Å². The molecule has 4 heteroatoms. The number of methoxy groups -OCH3 is 1. The monoisotopic (exact) mass is 242 g/mol. The van der Waals surface area contributed by atoms with E-state index in [1.165, 1.54) is 0 Å². The lowest BCUT2D eigenvalue weighted by molar-refractivity contribution is 0.298. The number of pyridine rings is 1. The van der Waals surface area contributed by atoms with E-state index in [0.29, 0.717) is 6.42 Å². The second kappa shape index (κ2) is 4.31. The maximum Gasteiger partial charge on any atom is 0.147 e. The third-order valence-electron chi connectivity index (χ3n) is 3.15. The number of H-pyrrole nitrogens is 1. The Hall–Kier alpha value is -2.07. The number of fused-ring (bicyclic) bond motifs is 3. The molecule has 0 aliphatic carbocycles. The zero-order valence-electron chi connectivity index (χ0n) is 10.1. The van der Waals surface area contributed by atoms with Crippen molar-refractivity contribution >= 4 is 21.8 Å². The highest BCUT2D eigenvalue weighted by Crippen LogP contribution is 2.33. The zero-order chi connectivity index (χ0) is 12.5. The topological polar surface area (TPSA) is 58.1 Å². The van der Waals surface area contributed by atoms with Crippen molar-refractivity contribution in [3.63, 3.8) is 0 Å². The van der Waals surface area contributed by atoms with E-state index in [9.17, 15) is 0 Å². The fraction of sp³-hybridized carbons (Fsp3) is 0.214. The molecule has 0 saturated heterocycles. The lowest BCUT2D eigenvalue weighted by Gasteiger charge is -2.05. The summed E-state index contributed by atoms with van der Waals surface area (Å²) in [6.07, 6.45) is 2.25. The number of hydrogen-bond acceptors (Lipinski definition) is 3. The highest BCUT2D eigenvalue weighted by molar-refractivity contribution is 6.10. The fourth-order valence-corrected chi connectivity index (χ4v) is 2.33. The molecule has 0 aliphatic rings. The molecule has 2 aromatic heterocycles. The van der Waals surface area contributed by atoms with Crippen molar-refractivity contribution in [3.05, 3.63) is 36.2 Å². The van der Waals surface area contributed by atoms with Gasteiger partial charge in [0.1, 0.15) is 5.75 Å². The van der Waals surface area contributed by atoms with Crippen LogP contribution >= 0.6 is 0 Å². The number of nitrogens with zero attached hydrogens (tertiary/aromatic N) is 1. The Morgan fingerprint density at radius 1 is 1.33 bits per heavy atom. The Balaban J connectivity index is 2.43. The number of nitrogens with one attached hydrogen (secondary N) is 1. The number of hydrogen-bond donors (Lipinski definition) is 2. The molecule has 3 rings (SSSR count). The summed E-state index contributed by atoms with van der Waals surface area (Å²) in [5.41, 5.74) is 2.87. The van der Waals surface area contributed by atoms with E-state index >= 15 is 0 Å². The van der Waals surface area contributed by atoms with Gasteiger partial charge in [-0.2, -0.15) is 0 Å². The minimum atomic E-state index is 0.0871. The molecule has 0 unspecified atom stereocenters. The molecule has 0 radical (unpaired) electrons. The van der Waals surface area contributed by atoms with Gasteiger partial charge in [0.2, 0.25) is 0 Å². The van der Waals surface area contributed by atoms with Crippen LogP contribution in [-0.2, 0) is 6.42 Å². The number of ether oxygens (including phenoxy) is 1. The molecular weight excluding hydrogens is 228 g/mol. The van der Waals surface area contributed by atoms with E-state index in [0.717, 1.165) is 33.2 Å². The average molecular weight is 242 g/mol. The van der Waals surface area contributed by atoms with Gasteiger partial charge in [-0.25, -0.2) is 0 Å². The molecule has 2 heterocycles. The Bertz CT molecular complexity index is 703. The van der Waals surface area contributed by atoms with Crippen LogP contribution in [0.5, 0.6) is 5.75 Å². The highest BCUT2D eigenvalue weighted by Gasteiger charge is 2.13. The van der Waals surface area contributed by atoms with Crippen LogP contribution in [-0.4, -0.2) is 28.8 Å². The van der Waals surface area contributed by atoms with E-state index in [1.54, 1.807) is 13.3 Å². The second-order valence-corrected chi connectivity index (χ2v) is 4.17. The third-order valence-corrected chi connectivity index (χ3v) is 3.15. The van der Waals surface area contributed by atoms with Crippen LogP contribution in [0.2, 0.25) is 0 Å². The van der Waals surface area contributed by atoms with Crippen molar-refractivity contribution in [3.8, 4) is 5.75 Å².